The average molecular weight is 219 g/mol. The van der Waals surface area contributed by atoms with Crippen LogP contribution in [0.15, 0.2) is 0 Å². The fraction of sp³-hybridized carbons (Fsp3) is 0.778. The number of esters is 1. The second-order valence-electron chi connectivity index (χ2n) is 3.01. The average Bonchev–Trinajstić information content (AvgIpc) is 2.22. The Balaban J connectivity index is 3.82. The van der Waals surface area contributed by atoms with Crippen LogP contribution in [0.4, 0.5) is 0 Å². The van der Waals surface area contributed by atoms with E-state index < -0.39 is 0 Å². The molecule has 0 saturated heterocycles. The Morgan fingerprint density at radius 3 is 2.43 bits per heavy atom. The van der Waals surface area contributed by atoms with Gasteiger partial charge in [0, 0.05) is 12.8 Å². The van der Waals surface area contributed by atoms with Crippen LogP contribution in [0, 0.1) is 5.92 Å². The minimum Gasteiger partial charge on any atom is -0.469 e. The summed E-state index contributed by atoms with van der Waals surface area (Å²) >= 11 is 1.45. The minimum absolute atomic E-state index is 0.0212. The number of thioether (sulfide) groups is 1. The lowest BCUT2D eigenvalue weighted by molar-refractivity contribution is -0.144. The first-order valence-electron chi connectivity index (χ1n) is 4.44. The molecule has 2 atom stereocenters. The van der Waals surface area contributed by atoms with E-state index in [0.717, 1.165) is 0 Å². The van der Waals surface area contributed by atoms with Gasteiger partial charge in [0.2, 0.25) is 5.91 Å². The Morgan fingerprint density at radius 1 is 1.43 bits per heavy atom. The molecular formula is C9H17NO3S. The lowest BCUT2D eigenvalue weighted by Gasteiger charge is -2.12. The fourth-order valence-corrected chi connectivity index (χ4v) is 1.82. The number of amides is 1. The van der Waals surface area contributed by atoms with Crippen molar-refractivity contribution in [3.05, 3.63) is 0 Å². The molecule has 0 aromatic carbocycles. The van der Waals surface area contributed by atoms with Crippen molar-refractivity contribution in [3.63, 3.8) is 0 Å². The van der Waals surface area contributed by atoms with Crippen molar-refractivity contribution in [1.29, 1.82) is 0 Å². The maximum Gasteiger partial charge on any atom is 0.309 e. The number of nitrogens with one attached hydrogen (secondary N) is 1. The molecule has 0 aromatic rings. The molecule has 0 bridgehead atoms. The number of carbonyl (C=O) groups is 2. The van der Waals surface area contributed by atoms with Gasteiger partial charge in [-0.3, -0.25) is 9.59 Å². The zero-order chi connectivity index (χ0) is 11.1. The van der Waals surface area contributed by atoms with Crippen LogP contribution in [-0.2, 0) is 14.3 Å². The lowest BCUT2D eigenvalue weighted by atomic mass is 10.2. The van der Waals surface area contributed by atoms with Gasteiger partial charge in [-0.05, 0) is 6.92 Å². The van der Waals surface area contributed by atoms with Crippen molar-refractivity contribution in [2.45, 2.75) is 19.1 Å². The highest BCUT2D eigenvalue weighted by molar-refractivity contribution is 8.00. The highest BCUT2D eigenvalue weighted by Crippen LogP contribution is 2.15. The molecule has 1 amide bonds. The Morgan fingerprint density at radius 2 is 2.00 bits per heavy atom. The van der Waals surface area contributed by atoms with E-state index in [1.165, 1.54) is 18.9 Å². The smallest absolute Gasteiger partial charge is 0.309 e. The molecule has 4 nitrogen and oxygen atoms in total. The summed E-state index contributed by atoms with van der Waals surface area (Å²) in [7, 11) is 2.97. The van der Waals surface area contributed by atoms with Gasteiger partial charge < -0.3 is 10.1 Å². The number of ether oxygens (including phenoxy) is 1. The van der Waals surface area contributed by atoms with Gasteiger partial charge in [-0.1, -0.05) is 6.92 Å². The number of rotatable bonds is 5. The number of hydrogen-bond acceptors (Lipinski definition) is 4. The molecule has 0 aromatic heterocycles. The zero-order valence-corrected chi connectivity index (χ0v) is 9.81. The highest BCUT2D eigenvalue weighted by atomic mass is 32.2. The van der Waals surface area contributed by atoms with Gasteiger partial charge in [-0.2, -0.15) is 0 Å². The third-order valence-electron chi connectivity index (χ3n) is 1.82. The molecule has 5 heteroatoms. The second kappa shape index (κ2) is 6.70. The summed E-state index contributed by atoms with van der Waals surface area (Å²) in [5.74, 6) is 0.173. The van der Waals surface area contributed by atoms with Gasteiger partial charge in [0.15, 0.2) is 0 Å². The van der Waals surface area contributed by atoms with Gasteiger partial charge in [-0.15, -0.1) is 11.8 Å². The van der Waals surface area contributed by atoms with E-state index in [0.29, 0.717) is 5.75 Å². The molecule has 0 aliphatic carbocycles. The predicted octanol–water partition coefficient (Wildman–Crippen LogP) is 0.663. The van der Waals surface area contributed by atoms with Crippen LogP contribution >= 0.6 is 11.8 Å². The molecule has 0 fully saturated rings. The summed E-state index contributed by atoms with van der Waals surface area (Å²) < 4.78 is 4.58. The first-order valence-corrected chi connectivity index (χ1v) is 5.48. The minimum atomic E-state index is -0.235. The summed E-state index contributed by atoms with van der Waals surface area (Å²) in [6.07, 6.45) is 0. The number of hydrogen-bond donors (Lipinski definition) is 1. The van der Waals surface area contributed by atoms with E-state index in [4.69, 9.17) is 0 Å². The van der Waals surface area contributed by atoms with Gasteiger partial charge in [0.05, 0.1) is 18.3 Å². The van der Waals surface area contributed by atoms with Crippen LogP contribution in [0.5, 0.6) is 0 Å². The summed E-state index contributed by atoms with van der Waals surface area (Å²) in [4.78, 5) is 22.1. The molecule has 0 aliphatic heterocycles. The third-order valence-corrected chi connectivity index (χ3v) is 3.22. The van der Waals surface area contributed by atoms with Gasteiger partial charge in [-0.25, -0.2) is 0 Å². The summed E-state index contributed by atoms with van der Waals surface area (Å²) in [5, 5.41) is 2.42. The van der Waals surface area contributed by atoms with E-state index in [9.17, 15) is 9.59 Å². The molecule has 2 unspecified atom stereocenters. The van der Waals surface area contributed by atoms with Gasteiger partial charge in [0.25, 0.3) is 0 Å². The molecule has 0 rings (SSSR count). The summed E-state index contributed by atoms with van der Waals surface area (Å²) in [6.45, 7) is 3.60. The molecule has 0 aliphatic rings. The van der Waals surface area contributed by atoms with E-state index in [-0.39, 0.29) is 23.0 Å². The molecule has 0 spiro atoms. The van der Waals surface area contributed by atoms with Crippen LogP contribution in [0.2, 0.25) is 0 Å². The molecule has 14 heavy (non-hydrogen) atoms. The van der Waals surface area contributed by atoms with Crippen molar-refractivity contribution in [1.82, 2.24) is 5.32 Å². The molecule has 0 heterocycles. The Bertz CT molecular complexity index is 186. The SMILES string of the molecule is CNC(=O)C(C)SCC(C)C(=O)OC. The zero-order valence-electron chi connectivity index (χ0n) is 8.99. The molecule has 1 N–H and O–H groups in total. The van der Waals surface area contributed by atoms with E-state index in [1.54, 1.807) is 14.0 Å². The van der Waals surface area contributed by atoms with E-state index >= 15 is 0 Å². The Labute approximate surface area is 88.8 Å². The monoisotopic (exact) mass is 219 g/mol. The standard InChI is InChI=1S/C9H17NO3S/c1-6(9(12)13-4)5-14-7(2)8(11)10-3/h6-7H,5H2,1-4H3,(H,10,11). The largest absolute Gasteiger partial charge is 0.469 e. The van der Waals surface area contributed by atoms with E-state index in [1.807, 2.05) is 6.92 Å². The second-order valence-corrected chi connectivity index (χ2v) is 4.39. The normalized spacial score (nSPS) is 14.3. The van der Waals surface area contributed by atoms with Crippen LogP contribution in [-0.4, -0.2) is 37.0 Å². The maximum atomic E-state index is 11.1. The molecule has 0 radical (unpaired) electrons. The predicted molar refractivity (Wildman–Crippen MR) is 57.2 cm³/mol. The maximum absolute atomic E-state index is 11.1. The van der Waals surface area contributed by atoms with Crippen molar-refractivity contribution in [3.8, 4) is 0 Å². The van der Waals surface area contributed by atoms with Gasteiger partial charge >= 0.3 is 5.97 Å². The van der Waals surface area contributed by atoms with Crippen LogP contribution in [0.3, 0.4) is 0 Å². The topological polar surface area (TPSA) is 55.4 Å². The first-order chi connectivity index (χ1) is 6.52. The number of carbonyl (C=O) groups excluding carboxylic acids is 2. The van der Waals surface area contributed by atoms with Gasteiger partial charge in [0.1, 0.15) is 0 Å². The molecule has 0 saturated carbocycles. The quantitative estimate of drug-likeness (QED) is 0.690. The Kier molecular flexibility index (Phi) is 6.36. The number of methoxy groups -OCH3 is 1. The highest BCUT2D eigenvalue weighted by Gasteiger charge is 2.17. The van der Waals surface area contributed by atoms with Crippen molar-refractivity contribution < 1.29 is 14.3 Å². The van der Waals surface area contributed by atoms with Crippen LogP contribution < -0.4 is 5.32 Å². The summed E-state index contributed by atoms with van der Waals surface area (Å²) in [6, 6.07) is 0. The molecular weight excluding hydrogens is 202 g/mol. The molecule has 82 valence electrons. The Hall–Kier alpha value is -0.710. The van der Waals surface area contributed by atoms with Crippen molar-refractivity contribution >= 4 is 23.6 Å². The van der Waals surface area contributed by atoms with Crippen molar-refractivity contribution in [2.75, 3.05) is 19.9 Å². The van der Waals surface area contributed by atoms with Crippen LogP contribution in [0.1, 0.15) is 13.8 Å². The third kappa shape index (κ3) is 4.50. The fourth-order valence-electron chi connectivity index (χ4n) is 0.837. The van der Waals surface area contributed by atoms with E-state index in [2.05, 4.69) is 10.1 Å². The van der Waals surface area contributed by atoms with Crippen LogP contribution in [0.25, 0.3) is 0 Å². The lowest BCUT2D eigenvalue weighted by Crippen LogP contribution is -2.28. The van der Waals surface area contributed by atoms with Crippen molar-refractivity contribution in [2.24, 2.45) is 5.92 Å². The first kappa shape index (κ1) is 13.3. The summed E-state index contributed by atoms with van der Waals surface area (Å²) in [5.41, 5.74) is 0.